The van der Waals surface area contributed by atoms with E-state index in [2.05, 4.69) is 36.9 Å². The molecule has 0 radical (unpaired) electrons. The van der Waals surface area contributed by atoms with Crippen LogP contribution in [0.4, 0.5) is 0 Å². The van der Waals surface area contributed by atoms with Gasteiger partial charge in [-0.15, -0.1) is 0 Å². The van der Waals surface area contributed by atoms with Crippen molar-refractivity contribution in [2.75, 3.05) is 33.9 Å². The van der Waals surface area contributed by atoms with Crippen molar-refractivity contribution < 1.29 is 14.3 Å². The van der Waals surface area contributed by atoms with Crippen molar-refractivity contribution >= 4 is 5.91 Å². The molecule has 4 rings (SSSR count). The molecule has 0 spiro atoms. The van der Waals surface area contributed by atoms with Gasteiger partial charge in [-0.25, -0.2) is 0 Å². The number of amides is 1. The molecule has 1 unspecified atom stereocenters. The average Bonchev–Trinajstić information content (AvgIpc) is 3.19. The summed E-state index contributed by atoms with van der Waals surface area (Å²) in [6, 6.07) is 11.2. The van der Waals surface area contributed by atoms with Crippen LogP contribution in [0.5, 0.6) is 11.5 Å². The molecule has 0 saturated carbocycles. The molecular formula is C25H32N2O3. The Morgan fingerprint density at radius 1 is 0.967 bits per heavy atom. The van der Waals surface area contributed by atoms with Gasteiger partial charge in [0.2, 0.25) is 5.91 Å². The maximum atomic E-state index is 13.2. The number of carbonyl (C=O) groups excluding carboxylic acids is 1. The Labute approximate surface area is 179 Å². The topological polar surface area (TPSA) is 42.0 Å². The summed E-state index contributed by atoms with van der Waals surface area (Å²) in [7, 11) is 3.31. The van der Waals surface area contributed by atoms with Gasteiger partial charge in [0, 0.05) is 19.1 Å². The van der Waals surface area contributed by atoms with Crippen LogP contribution >= 0.6 is 0 Å². The van der Waals surface area contributed by atoms with Gasteiger partial charge in [0.25, 0.3) is 0 Å². The van der Waals surface area contributed by atoms with Crippen LogP contribution in [0, 0.1) is 13.8 Å². The predicted octanol–water partition coefficient (Wildman–Crippen LogP) is 4.04. The van der Waals surface area contributed by atoms with E-state index in [1.54, 1.807) is 14.2 Å². The normalized spacial score (nSPS) is 18.9. The maximum Gasteiger partial charge on any atom is 0.237 e. The average molecular weight is 409 g/mol. The molecule has 0 N–H and O–H groups in total. The van der Waals surface area contributed by atoms with E-state index in [1.165, 1.54) is 22.3 Å². The molecule has 2 aliphatic rings. The summed E-state index contributed by atoms with van der Waals surface area (Å²) in [4.78, 5) is 17.5. The van der Waals surface area contributed by atoms with E-state index in [0.29, 0.717) is 19.1 Å². The third-order valence-corrected chi connectivity index (χ3v) is 6.40. The number of likely N-dealkylation sites (tertiary alicyclic amines) is 1. The van der Waals surface area contributed by atoms with Crippen molar-refractivity contribution in [1.82, 2.24) is 9.80 Å². The molecule has 2 aliphatic heterocycles. The molecule has 30 heavy (non-hydrogen) atoms. The van der Waals surface area contributed by atoms with Crippen LogP contribution in [-0.2, 0) is 17.8 Å². The molecule has 0 aliphatic carbocycles. The Morgan fingerprint density at radius 2 is 1.63 bits per heavy atom. The number of nitrogens with zero attached hydrogens (tertiary/aromatic N) is 2. The molecule has 0 bridgehead atoms. The second-order valence-corrected chi connectivity index (χ2v) is 8.59. The molecule has 1 fully saturated rings. The van der Waals surface area contributed by atoms with Crippen molar-refractivity contribution in [3.8, 4) is 11.5 Å². The molecule has 1 amide bonds. The van der Waals surface area contributed by atoms with Crippen molar-refractivity contribution in [1.29, 1.82) is 0 Å². The van der Waals surface area contributed by atoms with Gasteiger partial charge >= 0.3 is 0 Å². The van der Waals surface area contributed by atoms with Gasteiger partial charge in [-0.05, 0) is 68.5 Å². The van der Waals surface area contributed by atoms with Crippen LogP contribution in [0.3, 0.4) is 0 Å². The van der Waals surface area contributed by atoms with Crippen LogP contribution in [-0.4, -0.2) is 49.6 Å². The van der Waals surface area contributed by atoms with Crippen molar-refractivity contribution in [2.45, 2.75) is 45.7 Å². The smallest absolute Gasteiger partial charge is 0.237 e. The summed E-state index contributed by atoms with van der Waals surface area (Å²) < 4.78 is 10.9. The number of methoxy groups -OCH3 is 2. The number of benzene rings is 2. The van der Waals surface area contributed by atoms with Crippen molar-refractivity contribution in [2.24, 2.45) is 0 Å². The zero-order chi connectivity index (χ0) is 21.3. The highest BCUT2D eigenvalue weighted by Crippen LogP contribution is 2.35. The lowest BCUT2D eigenvalue weighted by Gasteiger charge is -2.32. The minimum absolute atomic E-state index is 0.215. The number of rotatable bonds is 5. The van der Waals surface area contributed by atoms with E-state index in [-0.39, 0.29) is 5.91 Å². The fourth-order valence-electron chi connectivity index (χ4n) is 4.96. The number of aryl methyl sites for hydroxylation is 2. The Balaban J connectivity index is 1.46. The summed E-state index contributed by atoms with van der Waals surface area (Å²) in [6.07, 6.45) is 3.11. The van der Waals surface area contributed by atoms with E-state index in [4.69, 9.17) is 9.47 Å². The molecule has 5 nitrogen and oxygen atoms in total. The van der Waals surface area contributed by atoms with Crippen LogP contribution in [0.15, 0.2) is 30.3 Å². The van der Waals surface area contributed by atoms with Gasteiger partial charge < -0.3 is 14.4 Å². The number of fused-ring (bicyclic) bond motifs is 1. The molecule has 1 atom stereocenters. The molecule has 160 valence electrons. The second kappa shape index (κ2) is 8.68. The molecule has 5 heteroatoms. The number of ether oxygens (including phenoxy) is 2. The zero-order valence-corrected chi connectivity index (χ0v) is 18.5. The van der Waals surface area contributed by atoms with Gasteiger partial charge in [-0.3, -0.25) is 9.69 Å². The van der Waals surface area contributed by atoms with Gasteiger partial charge in [0.15, 0.2) is 11.5 Å². The maximum absolute atomic E-state index is 13.2. The largest absolute Gasteiger partial charge is 0.493 e. The summed E-state index contributed by atoms with van der Waals surface area (Å²) in [5, 5.41) is 0. The standard InChI is InChI=1S/C25H32N2O3/c1-17-10-18(2)12-20(11-17)22-6-5-8-26(22)16-25(28)27-9-7-19-13-23(29-3)24(30-4)14-21(19)15-27/h10-14,22H,5-9,15-16H2,1-4H3. The fraction of sp³-hybridized carbons (Fsp3) is 0.480. The Bertz CT molecular complexity index is 920. The van der Waals surface area contributed by atoms with Gasteiger partial charge in [-0.1, -0.05) is 29.3 Å². The second-order valence-electron chi connectivity index (χ2n) is 8.59. The lowest BCUT2D eigenvalue weighted by Crippen LogP contribution is -2.42. The third kappa shape index (κ3) is 4.17. The van der Waals surface area contributed by atoms with E-state index in [1.807, 2.05) is 17.0 Å². The first-order valence-electron chi connectivity index (χ1n) is 10.8. The first-order chi connectivity index (χ1) is 14.5. The van der Waals surface area contributed by atoms with E-state index in [0.717, 1.165) is 49.4 Å². The summed E-state index contributed by atoms with van der Waals surface area (Å²) in [5.41, 5.74) is 6.32. The zero-order valence-electron chi connectivity index (χ0n) is 18.5. The first kappa shape index (κ1) is 20.7. The van der Waals surface area contributed by atoms with E-state index < -0.39 is 0 Å². The van der Waals surface area contributed by atoms with Gasteiger partial charge in [-0.2, -0.15) is 0 Å². The number of hydrogen-bond acceptors (Lipinski definition) is 4. The van der Waals surface area contributed by atoms with E-state index >= 15 is 0 Å². The van der Waals surface area contributed by atoms with Crippen LogP contribution in [0.2, 0.25) is 0 Å². The number of carbonyl (C=O) groups is 1. The lowest BCUT2D eigenvalue weighted by molar-refractivity contribution is -0.133. The Hall–Kier alpha value is -2.53. The quantitative estimate of drug-likeness (QED) is 0.749. The summed E-state index contributed by atoms with van der Waals surface area (Å²) in [5.74, 6) is 1.69. The molecule has 0 aromatic heterocycles. The highest BCUT2D eigenvalue weighted by molar-refractivity contribution is 5.78. The highest BCUT2D eigenvalue weighted by Gasteiger charge is 2.30. The van der Waals surface area contributed by atoms with Crippen LogP contribution in [0.1, 0.15) is 46.7 Å². The summed E-state index contributed by atoms with van der Waals surface area (Å²) >= 11 is 0. The number of hydrogen-bond donors (Lipinski definition) is 0. The molecule has 2 aromatic rings. The van der Waals surface area contributed by atoms with Gasteiger partial charge in [0.05, 0.1) is 20.8 Å². The van der Waals surface area contributed by atoms with Crippen LogP contribution in [0.25, 0.3) is 0 Å². The first-order valence-corrected chi connectivity index (χ1v) is 10.8. The third-order valence-electron chi connectivity index (χ3n) is 6.40. The Kier molecular flexibility index (Phi) is 6.00. The van der Waals surface area contributed by atoms with Crippen LogP contribution < -0.4 is 9.47 Å². The molecular weight excluding hydrogens is 376 g/mol. The predicted molar refractivity (Wildman–Crippen MR) is 118 cm³/mol. The highest BCUT2D eigenvalue weighted by atomic mass is 16.5. The molecule has 1 saturated heterocycles. The van der Waals surface area contributed by atoms with Gasteiger partial charge in [0.1, 0.15) is 0 Å². The van der Waals surface area contributed by atoms with Crippen molar-refractivity contribution in [3.05, 3.63) is 58.1 Å². The SMILES string of the molecule is COc1cc2c(cc1OC)CN(C(=O)CN1CCCC1c1cc(C)cc(C)c1)CC2. The summed E-state index contributed by atoms with van der Waals surface area (Å²) in [6.45, 7) is 7.16. The fourth-order valence-corrected chi connectivity index (χ4v) is 4.96. The minimum atomic E-state index is 0.215. The minimum Gasteiger partial charge on any atom is -0.493 e. The monoisotopic (exact) mass is 408 g/mol. The Morgan fingerprint density at radius 3 is 2.30 bits per heavy atom. The molecule has 2 aromatic carbocycles. The lowest BCUT2D eigenvalue weighted by atomic mass is 9.98. The molecule has 2 heterocycles. The van der Waals surface area contributed by atoms with Crippen molar-refractivity contribution in [3.63, 3.8) is 0 Å². The van der Waals surface area contributed by atoms with E-state index in [9.17, 15) is 4.79 Å².